The highest BCUT2D eigenvalue weighted by Crippen LogP contribution is 2.34. The highest BCUT2D eigenvalue weighted by molar-refractivity contribution is 7.19. The minimum atomic E-state index is -0.476. The molecule has 0 saturated carbocycles. The summed E-state index contributed by atoms with van der Waals surface area (Å²) in [4.78, 5) is 24.6. The molecular formula is C20H25FN8S. The molecule has 0 aliphatic carbocycles. The van der Waals surface area contributed by atoms with Gasteiger partial charge in [-0.25, -0.2) is 24.3 Å². The van der Waals surface area contributed by atoms with E-state index in [1.54, 1.807) is 0 Å². The average molecular weight is 429 g/mol. The number of halogens is 1. The predicted octanol–water partition coefficient (Wildman–Crippen LogP) is 3.00. The third kappa shape index (κ3) is 4.34. The monoisotopic (exact) mass is 428 g/mol. The molecule has 0 aromatic carbocycles. The minimum Gasteiger partial charge on any atom is -0.368 e. The molecule has 0 spiro atoms. The quantitative estimate of drug-likeness (QED) is 0.665. The minimum absolute atomic E-state index is 0.240. The van der Waals surface area contributed by atoms with Crippen molar-refractivity contribution in [3.8, 4) is 10.6 Å². The summed E-state index contributed by atoms with van der Waals surface area (Å²) in [6.07, 6.45) is 3.02. The molecule has 158 valence electrons. The Hall–Kier alpha value is -2.85. The van der Waals surface area contributed by atoms with Crippen molar-refractivity contribution >= 4 is 33.9 Å². The maximum absolute atomic E-state index is 14.5. The molecule has 4 rings (SSSR count). The molecule has 0 unspecified atom stereocenters. The normalized spacial score (nSPS) is 14.8. The van der Waals surface area contributed by atoms with E-state index in [0.717, 1.165) is 42.7 Å². The molecular weight excluding hydrogens is 403 g/mol. The Bertz CT molecular complexity index is 1010. The number of aryl methyl sites for hydroxylation is 1. The summed E-state index contributed by atoms with van der Waals surface area (Å²) >= 11 is 1.40. The van der Waals surface area contributed by atoms with E-state index in [9.17, 15) is 4.39 Å². The average Bonchev–Trinajstić information content (AvgIpc) is 3.12. The first kappa shape index (κ1) is 20.4. The van der Waals surface area contributed by atoms with Crippen molar-refractivity contribution in [1.82, 2.24) is 24.8 Å². The Balaban J connectivity index is 1.52. The molecule has 30 heavy (non-hydrogen) atoms. The van der Waals surface area contributed by atoms with Crippen molar-refractivity contribution in [1.29, 1.82) is 0 Å². The fraction of sp³-hybridized carbons (Fsp3) is 0.400. The Morgan fingerprint density at radius 1 is 1.07 bits per heavy atom. The van der Waals surface area contributed by atoms with Gasteiger partial charge in [0.15, 0.2) is 10.9 Å². The SMILES string of the molecule is Cc1nc(N(C)C)sc1-c1nc(Nc2ccc(N3CCN(C)CC3)cn2)ncc1F. The summed E-state index contributed by atoms with van der Waals surface area (Å²) < 4.78 is 14.5. The molecule has 0 atom stereocenters. The molecule has 0 radical (unpaired) electrons. The smallest absolute Gasteiger partial charge is 0.229 e. The molecule has 1 fully saturated rings. The number of nitrogens with one attached hydrogen (secondary N) is 1. The van der Waals surface area contributed by atoms with Gasteiger partial charge in [-0.05, 0) is 26.1 Å². The number of piperazine rings is 1. The van der Waals surface area contributed by atoms with Gasteiger partial charge in [-0.2, -0.15) is 0 Å². The maximum atomic E-state index is 14.5. The van der Waals surface area contributed by atoms with Crippen molar-refractivity contribution in [3.05, 3.63) is 36.0 Å². The molecule has 0 bridgehead atoms. The third-order valence-electron chi connectivity index (χ3n) is 4.98. The van der Waals surface area contributed by atoms with Crippen LogP contribution in [0.5, 0.6) is 0 Å². The van der Waals surface area contributed by atoms with Crippen LogP contribution in [-0.4, -0.2) is 72.2 Å². The zero-order valence-electron chi connectivity index (χ0n) is 17.6. The number of pyridine rings is 1. The van der Waals surface area contributed by atoms with E-state index in [1.165, 1.54) is 17.5 Å². The van der Waals surface area contributed by atoms with Gasteiger partial charge in [0.25, 0.3) is 0 Å². The fourth-order valence-electron chi connectivity index (χ4n) is 3.21. The van der Waals surface area contributed by atoms with Gasteiger partial charge in [-0.3, -0.25) is 0 Å². The number of hydrogen-bond acceptors (Lipinski definition) is 9. The zero-order chi connectivity index (χ0) is 21.3. The highest BCUT2D eigenvalue weighted by Gasteiger charge is 2.18. The van der Waals surface area contributed by atoms with Gasteiger partial charge in [0.1, 0.15) is 11.5 Å². The van der Waals surface area contributed by atoms with E-state index in [2.05, 4.69) is 42.1 Å². The summed E-state index contributed by atoms with van der Waals surface area (Å²) in [5, 5.41) is 3.88. The summed E-state index contributed by atoms with van der Waals surface area (Å²) in [7, 11) is 5.94. The van der Waals surface area contributed by atoms with E-state index in [-0.39, 0.29) is 5.69 Å². The van der Waals surface area contributed by atoms with Gasteiger partial charge >= 0.3 is 0 Å². The van der Waals surface area contributed by atoms with Crippen LogP contribution in [0.2, 0.25) is 0 Å². The fourth-order valence-corrected chi connectivity index (χ4v) is 4.19. The lowest BCUT2D eigenvalue weighted by Gasteiger charge is -2.33. The van der Waals surface area contributed by atoms with Crippen LogP contribution in [-0.2, 0) is 0 Å². The van der Waals surface area contributed by atoms with Crippen LogP contribution in [0.4, 0.5) is 27.0 Å². The first-order chi connectivity index (χ1) is 14.4. The van der Waals surface area contributed by atoms with Gasteiger partial charge < -0.3 is 20.0 Å². The van der Waals surface area contributed by atoms with E-state index in [4.69, 9.17) is 0 Å². The predicted molar refractivity (Wildman–Crippen MR) is 119 cm³/mol. The van der Waals surface area contributed by atoms with Crippen LogP contribution in [0.1, 0.15) is 5.69 Å². The van der Waals surface area contributed by atoms with Crippen LogP contribution < -0.4 is 15.1 Å². The molecule has 1 saturated heterocycles. The van der Waals surface area contributed by atoms with Gasteiger partial charge in [-0.1, -0.05) is 11.3 Å². The lowest BCUT2D eigenvalue weighted by atomic mass is 10.3. The van der Waals surface area contributed by atoms with Gasteiger partial charge in [0.05, 0.1) is 28.7 Å². The second kappa shape index (κ2) is 8.49. The topological polar surface area (TPSA) is 73.3 Å². The Labute approximate surface area is 179 Å². The van der Waals surface area contributed by atoms with Crippen molar-refractivity contribution in [2.75, 3.05) is 62.4 Å². The largest absolute Gasteiger partial charge is 0.368 e. The third-order valence-corrected chi connectivity index (χ3v) is 6.32. The second-order valence-corrected chi connectivity index (χ2v) is 8.49. The van der Waals surface area contributed by atoms with Gasteiger partial charge in [0, 0.05) is 40.3 Å². The number of hydrogen-bond donors (Lipinski definition) is 1. The van der Waals surface area contributed by atoms with Crippen LogP contribution in [0.25, 0.3) is 10.6 Å². The van der Waals surface area contributed by atoms with E-state index < -0.39 is 5.82 Å². The van der Waals surface area contributed by atoms with Crippen LogP contribution >= 0.6 is 11.3 Å². The summed E-state index contributed by atoms with van der Waals surface area (Å²) in [6, 6.07) is 3.92. The lowest BCUT2D eigenvalue weighted by molar-refractivity contribution is 0.313. The number of thiazole rings is 1. The number of aromatic nitrogens is 4. The summed E-state index contributed by atoms with van der Waals surface area (Å²) in [6.45, 7) is 5.90. The van der Waals surface area contributed by atoms with E-state index in [0.29, 0.717) is 16.6 Å². The second-order valence-electron chi connectivity index (χ2n) is 7.51. The van der Waals surface area contributed by atoms with Crippen molar-refractivity contribution in [2.24, 2.45) is 0 Å². The van der Waals surface area contributed by atoms with Crippen molar-refractivity contribution in [3.63, 3.8) is 0 Å². The molecule has 1 aliphatic heterocycles. The number of likely N-dealkylation sites (N-methyl/N-ethyl adjacent to an activating group) is 1. The van der Waals surface area contributed by atoms with Crippen LogP contribution in [0, 0.1) is 12.7 Å². The molecule has 1 N–H and O–H groups in total. The molecule has 10 heteroatoms. The molecule has 3 aromatic heterocycles. The van der Waals surface area contributed by atoms with Crippen molar-refractivity contribution < 1.29 is 4.39 Å². The number of nitrogens with zero attached hydrogens (tertiary/aromatic N) is 7. The number of anilines is 4. The Kier molecular flexibility index (Phi) is 5.78. The Morgan fingerprint density at radius 2 is 1.83 bits per heavy atom. The van der Waals surface area contributed by atoms with E-state index in [1.807, 2.05) is 44.2 Å². The number of rotatable bonds is 5. The maximum Gasteiger partial charge on any atom is 0.229 e. The molecule has 4 heterocycles. The van der Waals surface area contributed by atoms with Crippen LogP contribution in [0.3, 0.4) is 0 Å². The van der Waals surface area contributed by atoms with E-state index >= 15 is 0 Å². The lowest BCUT2D eigenvalue weighted by Crippen LogP contribution is -2.44. The molecule has 1 aliphatic rings. The summed E-state index contributed by atoms with van der Waals surface area (Å²) in [5.74, 6) is 0.432. The van der Waals surface area contributed by atoms with Crippen LogP contribution in [0.15, 0.2) is 24.5 Å². The molecule has 3 aromatic rings. The molecule has 8 nitrogen and oxygen atoms in total. The first-order valence-corrected chi connectivity index (χ1v) is 10.6. The van der Waals surface area contributed by atoms with Crippen molar-refractivity contribution in [2.45, 2.75) is 6.92 Å². The first-order valence-electron chi connectivity index (χ1n) is 9.75. The molecule has 0 amide bonds. The summed E-state index contributed by atoms with van der Waals surface area (Å²) in [5.41, 5.74) is 2.07. The van der Waals surface area contributed by atoms with Gasteiger partial charge in [-0.15, -0.1) is 0 Å². The Morgan fingerprint density at radius 3 is 2.47 bits per heavy atom. The zero-order valence-corrected chi connectivity index (χ0v) is 18.4. The highest BCUT2D eigenvalue weighted by atomic mass is 32.1. The van der Waals surface area contributed by atoms with Gasteiger partial charge in [0.2, 0.25) is 5.95 Å². The standard InChI is InChI=1S/C20H25FN8S/c1-13-18(30-20(24-13)27(2)3)17-15(21)12-23-19(26-17)25-16-6-5-14(11-22-16)29-9-7-28(4)8-10-29/h5-6,11-12H,7-10H2,1-4H3,(H,22,23,25,26).